The van der Waals surface area contributed by atoms with E-state index in [0.29, 0.717) is 9.50 Å². The van der Waals surface area contributed by atoms with Gasteiger partial charge < -0.3 is 0 Å². The fourth-order valence-corrected chi connectivity index (χ4v) is 1.30. The fourth-order valence-electron chi connectivity index (χ4n) is 0.692. The number of benzene rings is 1. The molecule has 0 aliphatic heterocycles. The zero-order chi connectivity index (χ0) is 8.43. The molecule has 0 heterocycles. The van der Waals surface area contributed by atoms with E-state index < -0.39 is 12.5 Å². The third-order valence-corrected chi connectivity index (χ3v) is 2.72. The van der Waals surface area contributed by atoms with E-state index in [2.05, 4.69) is 15.9 Å². The van der Waals surface area contributed by atoms with Gasteiger partial charge in [0.25, 0.3) is 0 Å². The minimum atomic E-state index is -0.854. The summed E-state index contributed by atoms with van der Waals surface area (Å²) in [6.45, 7) is -0.854. The summed E-state index contributed by atoms with van der Waals surface area (Å²) in [5, 5.41) is 0.319. The molecule has 0 aliphatic rings. The third kappa shape index (κ3) is 1.71. The van der Waals surface area contributed by atoms with E-state index in [0.717, 1.165) is 6.07 Å². The van der Waals surface area contributed by atoms with Gasteiger partial charge in [-0.3, -0.25) is 0 Å². The molecule has 0 saturated carbocycles. The molecule has 4 heteroatoms. The highest BCUT2D eigenvalue weighted by Crippen LogP contribution is 2.28. The second-order valence-electron chi connectivity index (χ2n) is 1.96. The first kappa shape index (κ1) is 8.94. The Kier molecular flexibility index (Phi) is 2.84. The van der Waals surface area contributed by atoms with E-state index in [1.54, 1.807) is 0 Å². The molecule has 60 valence electrons. The Morgan fingerprint density at radius 2 is 2.09 bits per heavy atom. The quantitative estimate of drug-likeness (QED) is 0.658. The number of rotatable bonds is 1. The van der Waals surface area contributed by atoms with Crippen LogP contribution < -0.4 is 0 Å². The molecule has 0 nitrogen and oxygen atoms in total. The lowest BCUT2D eigenvalue weighted by Crippen LogP contribution is -1.88. The summed E-state index contributed by atoms with van der Waals surface area (Å²) in [7, 11) is 0. The normalized spacial score (nSPS) is 10.2. The van der Waals surface area contributed by atoms with Crippen LogP contribution in [-0.4, -0.2) is 0 Å². The molecule has 0 spiro atoms. The van der Waals surface area contributed by atoms with Crippen LogP contribution in [0.4, 0.5) is 8.78 Å². The van der Waals surface area contributed by atoms with Gasteiger partial charge >= 0.3 is 0 Å². The molecule has 0 amide bonds. The molecule has 0 saturated heterocycles. The molecule has 0 fully saturated rings. The van der Waals surface area contributed by atoms with E-state index >= 15 is 0 Å². The molecule has 1 aromatic rings. The molecular formula is C7H4BrClF2. The highest BCUT2D eigenvalue weighted by atomic mass is 79.9. The molecule has 0 unspecified atom stereocenters. The first-order valence-electron chi connectivity index (χ1n) is 2.85. The first-order valence-corrected chi connectivity index (χ1v) is 4.02. The Hall–Kier alpha value is -0.150. The van der Waals surface area contributed by atoms with Gasteiger partial charge in [0.05, 0.1) is 5.02 Å². The maximum Gasteiger partial charge on any atom is 0.130 e. The Morgan fingerprint density at radius 1 is 1.45 bits per heavy atom. The van der Waals surface area contributed by atoms with E-state index in [1.807, 2.05) is 0 Å². The molecule has 11 heavy (non-hydrogen) atoms. The van der Waals surface area contributed by atoms with Crippen LogP contribution in [0.2, 0.25) is 5.02 Å². The number of hydrogen-bond donors (Lipinski definition) is 0. The first-order chi connectivity index (χ1) is 5.16. The van der Waals surface area contributed by atoms with Gasteiger partial charge in [-0.1, -0.05) is 11.6 Å². The fraction of sp³-hybridized carbons (Fsp3) is 0.143. The van der Waals surface area contributed by atoms with Crippen LogP contribution in [0, 0.1) is 5.82 Å². The average Bonchev–Trinajstić information content (AvgIpc) is 1.99. The van der Waals surface area contributed by atoms with Gasteiger partial charge in [0.2, 0.25) is 0 Å². The van der Waals surface area contributed by atoms with Gasteiger partial charge in [0, 0.05) is 10.0 Å². The van der Waals surface area contributed by atoms with E-state index in [4.69, 9.17) is 11.6 Å². The molecule has 1 aromatic carbocycles. The summed E-state index contributed by atoms with van der Waals surface area (Å²) < 4.78 is 25.1. The minimum absolute atomic E-state index is 0.0301. The van der Waals surface area contributed by atoms with Crippen LogP contribution in [-0.2, 0) is 6.67 Å². The largest absolute Gasteiger partial charge is 0.246 e. The summed E-state index contributed by atoms with van der Waals surface area (Å²) in [5.74, 6) is -0.580. The Bertz CT molecular complexity index is 275. The van der Waals surface area contributed by atoms with E-state index in [-0.39, 0.29) is 5.56 Å². The molecule has 0 N–H and O–H groups in total. The van der Waals surface area contributed by atoms with Gasteiger partial charge in [-0.2, -0.15) is 0 Å². The van der Waals surface area contributed by atoms with Crippen LogP contribution in [0.1, 0.15) is 5.56 Å². The third-order valence-electron chi connectivity index (χ3n) is 1.27. The van der Waals surface area contributed by atoms with Crippen molar-refractivity contribution in [3.05, 3.63) is 33.0 Å². The predicted octanol–water partition coefficient (Wildman–Crippen LogP) is 3.71. The SMILES string of the molecule is FCc1c(F)ccc(Cl)c1Br. The number of hydrogen-bond acceptors (Lipinski definition) is 0. The van der Waals surface area contributed by atoms with Crippen molar-refractivity contribution in [2.45, 2.75) is 6.67 Å². The van der Waals surface area contributed by atoms with Crippen molar-refractivity contribution >= 4 is 27.5 Å². The maximum absolute atomic E-state index is 12.7. The van der Waals surface area contributed by atoms with Crippen LogP contribution >= 0.6 is 27.5 Å². The molecule has 0 atom stereocenters. The summed E-state index contributed by atoms with van der Waals surface area (Å²) in [5.41, 5.74) is -0.0301. The molecular weight excluding hydrogens is 237 g/mol. The highest BCUT2D eigenvalue weighted by Gasteiger charge is 2.08. The Balaban J connectivity index is 3.29. The zero-order valence-electron chi connectivity index (χ0n) is 5.37. The summed E-state index contributed by atoms with van der Waals surface area (Å²) in [6.07, 6.45) is 0. The summed E-state index contributed by atoms with van der Waals surface area (Å²) >= 11 is 8.56. The minimum Gasteiger partial charge on any atom is -0.246 e. The van der Waals surface area contributed by atoms with Crippen molar-refractivity contribution in [1.82, 2.24) is 0 Å². The maximum atomic E-state index is 12.7. The van der Waals surface area contributed by atoms with Crippen LogP contribution in [0.15, 0.2) is 16.6 Å². The van der Waals surface area contributed by atoms with Gasteiger partial charge in [-0.15, -0.1) is 0 Å². The lowest BCUT2D eigenvalue weighted by Gasteiger charge is -2.01. The van der Waals surface area contributed by atoms with Crippen LogP contribution in [0.25, 0.3) is 0 Å². The highest BCUT2D eigenvalue weighted by molar-refractivity contribution is 9.10. The smallest absolute Gasteiger partial charge is 0.130 e. The van der Waals surface area contributed by atoms with E-state index in [9.17, 15) is 8.78 Å². The molecule has 0 radical (unpaired) electrons. The van der Waals surface area contributed by atoms with Gasteiger partial charge in [0.15, 0.2) is 0 Å². The molecule has 1 rings (SSSR count). The Labute approximate surface area is 76.3 Å². The summed E-state index contributed by atoms with van der Waals surface area (Å²) in [4.78, 5) is 0. The van der Waals surface area contributed by atoms with Crippen molar-refractivity contribution in [2.24, 2.45) is 0 Å². The second-order valence-corrected chi connectivity index (χ2v) is 3.16. The van der Waals surface area contributed by atoms with Crippen LogP contribution in [0.3, 0.4) is 0 Å². The van der Waals surface area contributed by atoms with Crippen molar-refractivity contribution in [1.29, 1.82) is 0 Å². The molecule has 0 bridgehead atoms. The molecule has 0 aliphatic carbocycles. The number of halogens is 4. The van der Waals surface area contributed by atoms with Crippen molar-refractivity contribution in [3.8, 4) is 0 Å². The van der Waals surface area contributed by atoms with Gasteiger partial charge in [0.1, 0.15) is 12.5 Å². The second kappa shape index (κ2) is 3.50. The number of alkyl halides is 1. The summed E-state index contributed by atoms with van der Waals surface area (Å²) in [6, 6.07) is 2.52. The Morgan fingerprint density at radius 3 is 2.55 bits per heavy atom. The van der Waals surface area contributed by atoms with Crippen LogP contribution in [0.5, 0.6) is 0 Å². The van der Waals surface area contributed by atoms with Crippen molar-refractivity contribution in [3.63, 3.8) is 0 Å². The van der Waals surface area contributed by atoms with Gasteiger partial charge in [-0.25, -0.2) is 8.78 Å². The predicted molar refractivity (Wildman–Crippen MR) is 43.9 cm³/mol. The zero-order valence-corrected chi connectivity index (χ0v) is 7.72. The average molecular weight is 241 g/mol. The standard InChI is InChI=1S/C7H4BrClF2/c8-7-4(3-10)6(11)2-1-5(7)9/h1-2H,3H2. The van der Waals surface area contributed by atoms with Crippen molar-refractivity contribution < 1.29 is 8.78 Å². The topological polar surface area (TPSA) is 0 Å². The van der Waals surface area contributed by atoms with Gasteiger partial charge in [-0.05, 0) is 28.1 Å². The van der Waals surface area contributed by atoms with E-state index in [1.165, 1.54) is 6.07 Å². The monoisotopic (exact) mass is 240 g/mol. The van der Waals surface area contributed by atoms with Crippen molar-refractivity contribution in [2.75, 3.05) is 0 Å². The lowest BCUT2D eigenvalue weighted by molar-refractivity contribution is 0.462. The molecule has 0 aromatic heterocycles. The lowest BCUT2D eigenvalue weighted by atomic mass is 10.2.